The Balaban J connectivity index is 1.13. The van der Waals surface area contributed by atoms with Crippen molar-refractivity contribution in [2.45, 2.75) is 76.5 Å². The molecule has 12 atom stereocenters. The Bertz CT molecular complexity index is 1050. The van der Waals surface area contributed by atoms with Crippen LogP contribution in [0.2, 0.25) is 0 Å². The summed E-state index contributed by atoms with van der Waals surface area (Å²) in [7, 11) is 0. The standard InChI is InChI=1S/C30H36O5/c1-17-24(33-15-18-10-6-4-7-11-18)22(31)26(34-16-19-12-8-5-9-13-19)23(32)25(17)35-29(3)27-21-20-14-28(29,2)30(20,21)27/h4-13,17,20-27,31-32H,14-16H2,1-3H3/t17?,20?,21?,22?,23?,24?,25?,26?,27?,28?,29?,30-/m1/s1. The molecule has 186 valence electrons. The van der Waals surface area contributed by atoms with Crippen LogP contribution >= 0.6 is 0 Å². The van der Waals surface area contributed by atoms with Crippen LogP contribution < -0.4 is 0 Å². The Morgan fingerprint density at radius 1 is 0.800 bits per heavy atom. The largest absolute Gasteiger partial charge is 0.388 e. The second-order valence-corrected chi connectivity index (χ2v) is 12.1. The van der Waals surface area contributed by atoms with Crippen molar-refractivity contribution in [3.05, 3.63) is 71.8 Å². The first-order valence-corrected chi connectivity index (χ1v) is 13.2. The van der Waals surface area contributed by atoms with Gasteiger partial charge in [0.25, 0.3) is 0 Å². The van der Waals surface area contributed by atoms with E-state index in [1.165, 1.54) is 6.42 Å². The number of aliphatic hydroxyl groups is 2. The molecule has 2 N–H and O–H groups in total. The van der Waals surface area contributed by atoms with Crippen LogP contribution in [-0.4, -0.2) is 46.3 Å². The summed E-state index contributed by atoms with van der Waals surface area (Å²) in [5.41, 5.74) is 2.62. The number of benzene rings is 2. The first-order chi connectivity index (χ1) is 16.8. The first-order valence-electron chi connectivity index (χ1n) is 13.2. The lowest BCUT2D eigenvalue weighted by atomic mass is 9.39. The van der Waals surface area contributed by atoms with Crippen molar-refractivity contribution in [2.75, 3.05) is 0 Å². The van der Waals surface area contributed by atoms with E-state index in [1.807, 2.05) is 67.6 Å². The molecule has 11 unspecified atom stereocenters. The van der Waals surface area contributed by atoms with E-state index in [1.54, 1.807) is 0 Å². The van der Waals surface area contributed by atoms with Crippen LogP contribution in [0.3, 0.4) is 0 Å². The van der Waals surface area contributed by atoms with Crippen LogP contribution in [0.5, 0.6) is 0 Å². The zero-order valence-corrected chi connectivity index (χ0v) is 20.7. The second-order valence-electron chi connectivity index (χ2n) is 12.1. The Morgan fingerprint density at radius 3 is 1.83 bits per heavy atom. The fourth-order valence-corrected chi connectivity index (χ4v) is 8.92. The molecule has 0 bridgehead atoms. The third kappa shape index (κ3) is 2.71. The quantitative estimate of drug-likeness (QED) is 0.604. The van der Waals surface area contributed by atoms with Crippen molar-refractivity contribution in [3.63, 3.8) is 0 Å². The molecule has 0 aromatic heterocycles. The maximum Gasteiger partial charge on any atom is 0.115 e. The molecule has 5 nitrogen and oxygen atoms in total. The number of hydrogen-bond acceptors (Lipinski definition) is 5. The van der Waals surface area contributed by atoms with Crippen molar-refractivity contribution in [1.82, 2.24) is 0 Å². The fraction of sp³-hybridized carbons (Fsp3) is 0.600. The van der Waals surface area contributed by atoms with Gasteiger partial charge in [-0.25, -0.2) is 0 Å². The lowest BCUT2D eigenvalue weighted by Crippen LogP contribution is -2.74. The Hall–Kier alpha value is -1.76. The molecule has 0 aliphatic heterocycles. The van der Waals surface area contributed by atoms with Crippen molar-refractivity contribution >= 4 is 0 Å². The molecule has 0 amide bonds. The molecular formula is C30H36O5. The van der Waals surface area contributed by atoms with Crippen LogP contribution in [-0.2, 0) is 27.4 Å². The summed E-state index contributed by atoms with van der Waals surface area (Å²) in [6.07, 6.45) is -2.39. The number of ether oxygens (including phenoxy) is 3. The average Bonchev–Trinajstić information content (AvgIpc) is 3.73. The molecule has 5 aliphatic carbocycles. The minimum absolute atomic E-state index is 0.178. The van der Waals surface area contributed by atoms with Crippen LogP contribution in [0, 0.1) is 34.5 Å². The maximum absolute atomic E-state index is 11.5. The van der Waals surface area contributed by atoms with Gasteiger partial charge in [0, 0.05) is 11.3 Å². The van der Waals surface area contributed by atoms with Crippen LogP contribution in [0.4, 0.5) is 0 Å². The van der Waals surface area contributed by atoms with E-state index in [0.29, 0.717) is 24.5 Å². The summed E-state index contributed by atoms with van der Waals surface area (Å²) < 4.78 is 19.4. The highest BCUT2D eigenvalue weighted by molar-refractivity contribution is 5.57. The monoisotopic (exact) mass is 476 g/mol. The van der Waals surface area contributed by atoms with Crippen LogP contribution in [0.15, 0.2) is 60.7 Å². The summed E-state index contributed by atoms with van der Waals surface area (Å²) in [6, 6.07) is 19.9. The molecule has 2 aromatic rings. The van der Waals surface area contributed by atoms with E-state index in [9.17, 15) is 10.2 Å². The minimum Gasteiger partial charge on any atom is -0.388 e. The summed E-state index contributed by atoms with van der Waals surface area (Å²) in [4.78, 5) is 0. The lowest BCUT2D eigenvalue weighted by molar-refractivity contribution is -0.341. The number of hydrogen-bond donors (Lipinski definition) is 2. The molecule has 1 spiro atoms. The number of rotatable bonds is 8. The van der Waals surface area contributed by atoms with Crippen molar-refractivity contribution in [2.24, 2.45) is 34.5 Å². The van der Waals surface area contributed by atoms with Crippen molar-refractivity contribution in [3.8, 4) is 0 Å². The van der Waals surface area contributed by atoms with Crippen LogP contribution in [0.25, 0.3) is 0 Å². The van der Waals surface area contributed by atoms with E-state index in [-0.39, 0.29) is 16.9 Å². The third-order valence-corrected chi connectivity index (χ3v) is 10.9. The van der Waals surface area contributed by atoms with Crippen LogP contribution in [0.1, 0.15) is 38.3 Å². The highest BCUT2D eigenvalue weighted by atomic mass is 16.6. The van der Waals surface area contributed by atoms with Gasteiger partial charge in [0.15, 0.2) is 0 Å². The van der Waals surface area contributed by atoms with Gasteiger partial charge in [0.1, 0.15) is 18.3 Å². The fourth-order valence-electron chi connectivity index (χ4n) is 8.92. The molecule has 0 radical (unpaired) electrons. The Kier molecular flexibility index (Phi) is 4.74. The average molecular weight is 477 g/mol. The van der Waals surface area contributed by atoms with Gasteiger partial charge >= 0.3 is 0 Å². The molecule has 5 aliphatic rings. The third-order valence-electron chi connectivity index (χ3n) is 10.9. The zero-order chi connectivity index (χ0) is 24.2. The highest BCUT2D eigenvalue weighted by Gasteiger charge is 3.10. The van der Waals surface area contributed by atoms with E-state index in [0.717, 1.165) is 23.0 Å². The summed E-state index contributed by atoms with van der Waals surface area (Å²) in [5.74, 6) is 2.24. The van der Waals surface area contributed by atoms with Gasteiger partial charge in [0.05, 0.1) is 31.0 Å². The molecule has 5 fully saturated rings. The summed E-state index contributed by atoms with van der Waals surface area (Å²) in [6.45, 7) is 7.39. The molecule has 5 heteroatoms. The Morgan fingerprint density at radius 2 is 1.34 bits per heavy atom. The second kappa shape index (κ2) is 7.39. The topological polar surface area (TPSA) is 68.2 Å². The zero-order valence-electron chi connectivity index (χ0n) is 20.7. The van der Waals surface area contributed by atoms with E-state index < -0.39 is 30.5 Å². The number of aliphatic hydroxyl groups excluding tert-OH is 2. The van der Waals surface area contributed by atoms with Gasteiger partial charge in [-0.1, -0.05) is 74.5 Å². The molecule has 0 saturated heterocycles. The molecule has 7 rings (SSSR count). The summed E-state index contributed by atoms with van der Waals surface area (Å²) in [5, 5.41) is 22.9. The van der Waals surface area contributed by atoms with Crippen molar-refractivity contribution in [1.29, 1.82) is 0 Å². The van der Waals surface area contributed by atoms with Gasteiger partial charge in [-0.2, -0.15) is 0 Å². The van der Waals surface area contributed by atoms with Gasteiger partial charge in [0.2, 0.25) is 0 Å². The van der Waals surface area contributed by atoms with Gasteiger partial charge in [-0.15, -0.1) is 0 Å². The SMILES string of the molecule is CC1C(OCc2ccccc2)C(O)C(OCc2ccccc2)C(O)C1OC1(C)C2C3C4CC1(C)[C@]432. The maximum atomic E-state index is 11.5. The normalized spacial score (nSPS) is 50.4. The van der Waals surface area contributed by atoms with E-state index in [2.05, 4.69) is 13.8 Å². The number of fused-ring (bicyclic) bond motifs is 2. The predicted molar refractivity (Wildman–Crippen MR) is 130 cm³/mol. The van der Waals surface area contributed by atoms with Crippen molar-refractivity contribution < 1.29 is 24.4 Å². The summed E-state index contributed by atoms with van der Waals surface area (Å²) >= 11 is 0. The minimum atomic E-state index is -0.953. The molecule has 5 saturated carbocycles. The molecule has 35 heavy (non-hydrogen) atoms. The highest BCUT2D eigenvalue weighted by Crippen LogP contribution is 3.11. The molecule has 2 aromatic carbocycles. The predicted octanol–water partition coefficient (Wildman–Crippen LogP) is 3.96. The van der Waals surface area contributed by atoms with Gasteiger partial charge in [-0.3, -0.25) is 0 Å². The smallest absolute Gasteiger partial charge is 0.115 e. The van der Waals surface area contributed by atoms with Gasteiger partial charge < -0.3 is 24.4 Å². The molecular weight excluding hydrogens is 440 g/mol. The van der Waals surface area contributed by atoms with E-state index in [4.69, 9.17) is 14.2 Å². The first kappa shape index (κ1) is 22.4. The van der Waals surface area contributed by atoms with E-state index >= 15 is 0 Å². The van der Waals surface area contributed by atoms with Gasteiger partial charge in [-0.05, 0) is 47.6 Å². The lowest BCUT2D eigenvalue weighted by Gasteiger charge is -2.70. The molecule has 0 heterocycles. The Labute approximate surface area is 207 Å².